The Labute approximate surface area is 419 Å². The quantitative estimate of drug-likeness (QED) is 0.135. The number of aryl methyl sites for hydroxylation is 2. The number of furan rings is 1. The van der Waals surface area contributed by atoms with Gasteiger partial charge in [-0.15, -0.1) is 29.3 Å². The van der Waals surface area contributed by atoms with Crippen molar-refractivity contribution >= 4 is 21.9 Å². The maximum atomic E-state index is 6.17. The van der Waals surface area contributed by atoms with Crippen LogP contribution in [-0.2, 0) is 30.9 Å². The average Bonchev–Trinajstić information content (AvgIpc) is 3.79. The van der Waals surface area contributed by atoms with Crippen molar-refractivity contribution in [1.29, 1.82) is 0 Å². The standard InChI is InChI=1S/C39H32N2.C25H18NO.Ir/c1-38(2,33-17-8-5-9-18-33)35-21-13-22-37(41-35)39(3,36-20-10-11-27-40-36)34-19-12-16-32(28-34)31-25-23-30(24-26-31)29-14-6-4-7-15-29;1-16-8-3-4-9-18(16)22-14-23(26-15-17(22)2)21-12-7-11-20-19-10-5-6-13-24(19)27-25(20)21;/h4-17,20-28H,1-3H3;3-11,13-15H,1-2H3;/q-2;-1;+3. The maximum absolute atomic E-state index is 6.17. The molecule has 4 nitrogen and oxygen atoms in total. The zero-order valence-electron chi connectivity index (χ0n) is 39.3. The minimum absolute atomic E-state index is 0. The molecule has 1 unspecified atom stereocenters. The molecule has 5 heteroatoms. The first-order valence-electron chi connectivity index (χ1n) is 23.1. The number of hydrogen-bond acceptors (Lipinski definition) is 4. The summed E-state index contributed by atoms with van der Waals surface area (Å²) in [6.45, 7) is 10.9. The zero-order valence-corrected chi connectivity index (χ0v) is 41.7. The molecule has 0 aliphatic heterocycles. The molecule has 0 aliphatic rings. The molecular weight excluding hydrogens is 1020 g/mol. The number of aromatic nitrogens is 3. The van der Waals surface area contributed by atoms with Crippen LogP contribution in [0.4, 0.5) is 0 Å². The van der Waals surface area contributed by atoms with E-state index < -0.39 is 5.41 Å². The average molecular weight is 1070 g/mol. The molecule has 11 rings (SSSR count). The van der Waals surface area contributed by atoms with Crippen LogP contribution in [0.15, 0.2) is 217 Å². The summed E-state index contributed by atoms with van der Waals surface area (Å²) < 4.78 is 6.17. The van der Waals surface area contributed by atoms with Gasteiger partial charge in [-0.2, -0.15) is 60.2 Å². The van der Waals surface area contributed by atoms with Crippen molar-refractivity contribution in [3.8, 4) is 44.6 Å². The number of hydrogen-bond donors (Lipinski definition) is 0. The van der Waals surface area contributed by atoms with Crippen molar-refractivity contribution < 1.29 is 24.5 Å². The van der Waals surface area contributed by atoms with Crippen LogP contribution >= 0.6 is 0 Å². The summed E-state index contributed by atoms with van der Waals surface area (Å²) in [5, 5.41) is 2.22. The Balaban J connectivity index is 0.000000183. The molecule has 0 N–H and O–H groups in total. The first-order chi connectivity index (χ1) is 33.2. The molecule has 0 amide bonds. The molecule has 0 fully saturated rings. The molecule has 0 aliphatic carbocycles. The zero-order chi connectivity index (χ0) is 46.7. The predicted octanol–water partition coefficient (Wildman–Crippen LogP) is 15.8. The van der Waals surface area contributed by atoms with Crippen LogP contribution in [0.2, 0.25) is 0 Å². The summed E-state index contributed by atoms with van der Waals surface area (Å²) in [6, 6.07) is 79.2. The second kappa shape index (κ2) is 20.0. The van der Waals surface area contributed by atoms with E-state index in [9.17, 15) is 0 Å². The second-order valence-electron chi connectivity index (χ2n) is 18.0. The van der Waals surface area contributed by atoms with E-state index in [0.717, 1.165) is 78.1 Å². The fraction of sp³-hybridized carbons (Fsp3) is 0.109. The summed E-state index contributed by atoms with van der Waals surface area (Å²) in [6.07, 6.45) is 3.79. The number of fused-ring (bicyclic) bond motifs is 3. The fourth-order valence-corrected chi connectivity index (χ4v) is 9.17. The molecule has 0 saturated carbocycles. The van der Waals surface area contributed by atoms with Gasteiger partial charge in [-0.3, -0.25) is 9.97 Å². The van der Waals surface area contributed by atoms with Gasteiger partial charge in [0, 0.05) is 28.9 Å². The summed E-state index contributed by atoms with van der Waals surface area (Å²) in [7, 11) is 0. The first-order valence-corrected chi connectivity index (χ1v) is 23.1. The van der Waals surface area contributed by atoms with E-state index >= 15 is 0 Å². The largest absolute Gasteiger partial charge is 3.00 e. The van der Waals surface area contributed by atoms with Gasteiger partial charge >= 0.3 is 20.1 Å². The van der Waals surface area contributed by atoms with Gasteiger partial charge in [0.1, 0.15) is 5.58 Å². The molecule has 69 heavy (non-hydrogen) atoms. The molecule has 0 bridgehead atoms. The number of para-hydroxylation sites is 1. The molecule has 11 aromatic rings. The number of pyridine rings is 3. The Morgan fingerprint density at radius 2 is 1.13 bits per heavy atom. The van der Waals surface area contributed by atoms with E-state index in [2.05, 4.69) is 192 Å². The fourth-order valence-electron chi connectivity index (χ4n) is 9.17. The van der Waals surface area contributed by atoms with E-state index in [1.165, 1.54) is 27.8 Å². The summed E-state index contributed by atoms with van der Waals surface area (Å²) in [4.78, 5) is 14.8. The van der Waals surface area contributed by atoms with Crippen LogP contribution in [0.1, 0.15) is 60.1 Å². The Bertz CT molecular complexity index is 3510. The third-order valence-electron chi connectivity index (χ3n) is 13.3. The molecule has 0 saturated heterocycles. The van der Waals surface area contributed by atoms with Crippen LogP contribution in [0, 0.1) is 32.0 Å². The number of rotatable bonds is 9. The van der Waals surface area contributed by atoms with Crippen molar-refractivity contribution in [3.05, 3.63) is 270 Å². The van der Waals surface area contributed by atoms with E-state index in [0.29, 0.717) is 0 Å². The predicted molar refractivity (Wildman–Crippen MR) is 278 cm³/mol. The summed E-state index contributed by atoms with van der Waals surface area (Å²) in [5.41, 5.74) is 17.1. The van der Waals surface area contributed by atoms with Crippen molar-refractivity contribution in [2.24, 2.45) is 0 Å². The number of benzene rings is 7. The minimum Gasteiger partial charge on any atom is -0.501 e. The monoisotopic (exact) mass is 1070 g/mol. The smallest absolute Gasteiger partial charge is 0.501 e. The van der Waals surface area contributed by atoms with E-state index in [-0.39, 0.29) is 25.5 Å². The van der Waals surface area contributed by atoms with Gasteiger partial charge in [0.25, 0.3) is 0 Å². The van der Waals surface area contributed by atoms with Crippen LogP contribution in [-0.4, -0.2) is 15.0 Å². The van der Waals surface area contributed by atoms with Gasteiger partial charge in [0.2, 0.25) is 0 Å². The van der Waals surface area contributed by atoms with Crippen molar-refractivity contribution in [2.45, 2.75) is 45.4 Å². The Kier molecular flexibility index (Phi) is 13.5. The van der Waals surface area contributed by atoms with E-state index in [4.69, 9.17) is 19.4 Å². The molecule has 4 aromatic heterocycles. The van der Waals surface area contributed by atoms with Gasteiger partial charge in [-0.1, -0.05) is 140 Å². The van der Waals surface area contributed by atoms with Crippen LogP contribution in [0.5, 0.6) is 0 Å². The van der Waals surface area contributed by atoms with Crippen molar-refractivity contribution in [1.82, 2.24) is 15.0 Å². The molecular formula is C64H50IrN3O. The Morgan fingerprint density at radius 1 is 0.464 bits per heavy atom. The van der Waals surface area contributed by atoms with Gasteiger partial charge < -0.3 is 9.40 Å². The number of nitrogens with zero attached hydrogens (tertiary/aromatic N) is 3. The van der Waals surface area contributed by atoms with Crippen LogP contribution in [0.3, 0.4) is 0 Å². The van der Waals surface area contributed by atoms with Crippen molar-refractivity contribution in [2.75, 3.05) is 0 Å². The normalized spacial score (nSPS) is 12.1. The summed E-state index contributed by atoms with van der Waals surface area (Å²) >= 11 is 0. The van der Waals surface area contributed by atoms with Gasteiger partial charge in [0.05, 0.1) is 22.4 Å². The Morgan fingerprint density at radius 3 is 1.90 bits per heavy atom. The molecule has 336 valence electrons. The molecule has 7 aromatic carbocycles. The maximum Gasteiger partial charge on any atom is 3.00 e. The Hall–Kier alpha value is -7.56. The topological polar surface area (TPSA) is 51.8 Å². The second-order valence-corrected chi connectivity index (χ2v) is 18.0. The first kappa shape index (κ1) is 46.5. The van der Waals surface area contributed by atoms with Gasteiger partial charge in [0.15, 0.2) is 0 Å². The van der Waals surface area contributed by atoms with Gasteiger partial charge in [-0.05, 0) is 95.7 Å². The third kappa shape index (κ3) is 9.24. The van der Waals surface area contributed by atoms with Crippen LogP contribution in [0.25, 0.3) is 66.6 Å². The van der Waals surface area contributed by atoms with Gasteiger partial charge in [-0.25, -0.2) is 0 Å². The summed E-state index contributed by atoms with van der Waals surface area (Å²) in [5.74, 6) is 0. The molecule has 1 atom stereocenters. The molecule has 0 spiro atoms. The molecule has 4 heterocycles. The van der Waals surface area contributed by atoms with Crippen molar-refractivity contribution in [3.63, 3.8) is 0 Å². The SMILES string of the molecule is CC(C)(c1[c-]cccc1)c1cccc(C(C)(c2[c-]ccc(-c3ccc(-c4ccccc4)cc3)c2)c2ccccn2)n1.Cc1ccccc1-c1cc(-c2[c-]ccc3c2oc2ccccc23)ncc1C.[Ir+3]. The van der Waals surface area contributed by atoms with E-state index in [1.54, 1.807) is 0 Å². The van der Waals surface area contributed by atoms with E-state index in [1.807, 2.05) is 73.1 Å². The third-order valence-corrected chi connectivity index (χ3v) is 13.3. The van der Waals surface area contributed by atoms with Crippen LogP contribution < -0.4 is 0 Å². The minimum atomic E-state index is -0.617. The molecule has 0 radical (unpaired) electrons.